The van der Waals surface area contributed by atoms with Crippen LogP contribution in [-0.2, 0) is 20.1 Å². The number of aromatic nitrogens is 2. The van der Waals surface area contributed by atoms with Gasteiger partial charge in [-0.05, 0) is 25.5 Å². The Bertz CT molecular complexity index is 451. The van der Waals surface area contributed by atoms with E-state index in [9.17, 15) is 0 Å². The summed E-state index contributed by atoms with van der Waals surface area (Å²) in [6, 6.07) is 2.26. The minimum absolute atomic E-state index is 0.819. The van der Waals surface area contributed by atoms with Gasteiger partial charge in [0.1, 0.15) is 5.82 Å². The standard InChI is InChI=1S/C12H17N3S/c1-9-6-11(16-10(9)2)7-13-8-12-14-4-5-15(12)3/h4-6,13H,7-8H2,1-3H3. The Kier molecular flexibility index (Phi) is 3.41. The summed E-state index contributed by atoms with van der Waals surface area (Å²) in [7, 11) is 2.02. The predicted octanol–water partition coefficient (Wildman–Crippen LogP) is 2.39. The van der Waals surface area contributed by atoms with Crippen LogP contribution in [0.5, 0.6) is 0 Å². The van der Waals surface area contributed by atoms with Crippen LogP contribution in [0.15, 0.2) is 18.5 Å². The van der Waals surface area contributed by atoms with Crippen molar-refractivity contribution < 1.29 is 0 Å². The third-order valence-corrected chi connectivity index (χ3v) is 3.87. The van der Waals surface area contributed by atoms with E-state index in [-0.39, 0.29) is 0 Å². The first-order chi connectivity index (χ1) is 7.66. The van der Waals surface area contributed by atoms with Crippen LogP contribution in [0, 0.1) is 13.8 Å². The maximum absolute atomic E-state index is 4.27. The third-order valence-electron chi connectivity index (χ3n) is 2.72. The van der Waals surface area contributed by atoms with Crippen LogP contribution < -0.4 is 5.32 Å². The molecule has 2 rings (SSSR count). The first-order valence-corrected chi connectivity index (χ1v) is 6.21. The van der Waals surface area contributed by atoms with E-state index < -0.39 is 0 Å². The normalized spacial score (nSPS) is 10.9. The molecule has 0 aromatic carbocycles. The summed E-state index contributed by atoms with van der Waals surface area (Å²) in [5, 5.41) is 3.41. The molecule has 0 spiro atoms. The van der Waals surface area contributed by atoms with Gasteiger partial charge < -0.3 is 9.88 Å². The lowest BCUT2D eigenvalue weighted by atomic mass is 10.3. The van der Waals surface area contributed by atoms with Crippen molar-refractivity contribution >= 4 is 11.3 Å². The Morgan fingerprint density at radius 3 is 2.75 bits per heavy atom. The van der Waals surface area contributed by atoms with E-state index >= 15 is 0 Å². The number of nitrogens with one attached hydrogen (secondary N) is 1. The summed E-state index contributed by atoms with van der Waals surface area (Å²) in [5.41, 5.74) is 1.39. The molecule has 2 aromatic rings. The minimum atomic E-state index is 0.819. The molecule has 86 valence electrons. The highest BCUT2D eigenvalue weighted by Crippen LogP contribution is 2.20. The van der Waals surface area contributed by atoms with Crippen molar-refractivity contribution in [2.45, 2.75) is 26.9 Å². The second-order valence-electron chi connectivity index (χ2n) is 4.01. The quantitative estimate of drug-likeness (QED) is 0.882. The van der Waals surface area contributed by atoms with Crippen LogP contribution in [0.2, 0.25) is 0 Å². The SMILES string of the molecule is Cc1cc(CNCc2nccn2C)sc1C. The topological polar surface area (TPSA) is 29.9 Å². The fraction of sp³-hybridized carbons (Fsp3) is 0.417. The van der Waals surface area contributed by atoms with E-state index in [2.05, 4.69) is 30.2 Å². The van der Waals surface area contributed by atoms with Crippen LogP contribution in [-0.4, -0.2) is 9.55 Å². The molecule has 0 amide bonds. The molecule has 3 nitrogen and oxygen atoms in total. The highest BCUT2D eigenvalue weighted by atomic mass is 32.1. The van der Waals surface area contributed by atoms with E-state index in [4.69, 9.17) is 0 Å². The number of imidazole rings is 1. The monoisotopic (exact) mass is 235 g/mol. The number of nitrogens with zero attached hydrogens (tertiary/aromatic N) is 2. The van der Waals surface area contributed by atoms with Gasteiger partial charge in [0.2, 0.25) is 0 Å². The van der Waals surface area contributed by atoms with Crippen molar-refractivity contribution in [1.29, 1.82) is 0 Å². The smallest absolute Gasteiger partial charge is 0.122 e. The molecule has 0 aliphatic heterocycles. The summed E-state index contributed by atoms with van der Waals surface area (Å²) in [4.78, 5) is 7.08. The van der Waals surface area contributed by atoms with Gasteiger partial charge in [-0.25, -0.2) is 4.98 Å². The molecule has 2 aromatic heterocycles. The highest BCUT2D eigenvalue weighted by Gasteiger charge is 2.02. The van der Waals surface area contributed by atoms with Crippen molar-refractivity contribution in [2.75, 3.05) is 0 Å². The Morgan fingerprint density at radius 1 is 1.38 bits per heavy atom. The molecule has 4 heteroatoms. The third kappa shape index (κ3) is 2.51. The molecular formula is C12H17N3S. The van der Waals surface area contributed by atoms with Gasteiger partial charge in [-0.15, -0.1) is 11.3 Å². The predicted molar refractivity (Wildman–Crippen MR) is 67.5 cm³/mol. The average molecular weight is 235 g/mol. The van der Waals surface area contributed by atoms with Gasteiger partial charge in [0.25, 0.3) is 0 Å². The Morgan fingerprint density at radius 2 is 2.19 bits per heavy atom. The van der Waals surface area contributed by atoms with Gasteiger partial charge in [-0.3, -0.25) is 0 Å². The molecule has 0 radical (unpaired) electrons. The molecule has 0 saturated heterocycles. The maximum atomic E-state index is 4.27. The maximum Gasteiger partial charge on any atom is 0.122 e. The second-order valence-corrected chi connectivity index (χ2v) is 5.35. The Hall–Kier alpha value is -1.13. The number of hydrogen-bond acceptors (Lipinski definition) is 3. The lowest BCUT2D eigenvalue weighted by Gasteiger charge is -2.03. The summed E-state index contributed by atoms with van der Waals surface area (Å²) >= 11 is 1.87. The van der Waals surface area contributed by atoms with Gasteiger partial charge in [0.15, 0.2) is 0 Å². The van der Waals surface area contributed by atoms with Gasteiger partial charge >= 0.3 is 0 Å². The summed E-state index contributed by atoms with van der Waals surface area (Å²) < 4.78 is 2.04. The summed E-state index contributed by atoms with van der Waals surface area (Å²) in [6.07, 6.45) is 3.80. The molecule has 16 heavy (non-hydrogen) atoms. The van der Waals surface area contributed by atoms with Gasteiger partial charge in [-0.2, -0.15) is 0 Å². The zero-order valence-corrected chi connectivity index (χ0v) is 10.8. The van der Waals surface area contributed by atoms with Crippen LogP contribution in [0.25, 0.3) is 0 Å². The van der Waals surface area contributed by atoms with Gasteiger partial charge in [0.05, 0.1) is 6.54 Å². The lowest BCUT2D eigenvalue weighted by Crippen LogP contribution is -2.14. The van der Waals surface area contributed by atoms with Crippen molar-refractivity contribution in [3.8, 4) is 0 Å². The molecule has 0 bridgehead atoms. The van der Waals surface area contributed by atoms with Crippen molar-refractivity contribution in [2.24, 2.45) is 7.05 Å². The summed E-state index contributed by atoms with van der Waals surface area (Å²) in [6.45, 7) is 6.07. The molecular weight excluding hydrogens is 218 g/mol. The number of rotatable bonds is 4. The molecule has 2 heterocycles. The number of hydrogen-bond donors (Lipinski definition) is 1. The average Bonchev–Trinajstić information content (AvgIpc) is 2.76. The molecule has 0 unspecified atom stereocenters. The van der Waals surface area contributed by atoms with Crippen molar-refractivity contribution in [3.63, 3.8) is 0 Å². The van der Waals surface area contributed by atoms with Crippen molar-refractivity contribution in [3.05, 3.63) is 39.6 Å². The van der Waals surface area contributed by atoms with E-state index in [0.717, 1.165) is 18.9 Å². The minimum Gasteiger partial charge on any atom is -0.337 e. The molecule has 0 atom stereocenters. The molecule has 0 saturated carbocycles. The van der Waals surface area contributed by atoms with E-state index in [0.29, 0.717) is 0 Å². The first kappa shape index (κ1) is 11.4. The van der Waals surface area contributed by atoms with Crippen molar-refractivity contribution in [1.82, 2.24) is 14.9 Å². The molecule has 0 aliphatic carbocycles. The molecule has 1 N–H and O–H groups in total. The second kappa shape index (κ2) is 4.80. The van der Waals surface area contributed by atoms with Crippen LogP contribution in [0.3, 0.4) is 0 Å². The Balaban J connectivity index is 1.87. The van der Waals surface area contributed by atoms with Crippen LogP contribution in [0.4, 0.5) is 0 Å². The summed E-state index contributed by atoms with van der Waals surface area (Å²) in [5.74, 6) is 1.07. The molecule has 0 fully saturated rings. The van der Waals surface area contributed by atoms with Gasteiger partial charge in [0, 0.05) is 35.7 Å². The van der Waals surface area contributed by atoms with Crippen LogP contribution >= 0.6 is 11.3 Å². The largest absolute Gasteiger partial charge is 0.337 e. The number of aryl methyl sites for hydroxylation is 3. The fourth-order valence-corrected chi connectivity index (χ4v) is 2.62. The fourth-order valence-electron chi connectivity index (χ4n) is 1.60. The zero-order chi connectivity index (χ0) is 11.5. The highest BCUT2D eigenvalue weighted by molar-refractivity contribution is 7.12. The zero-order valence-electron chi connectivity index (χ0n) is 9.95. The number of thiophene rings is 1. The van der Waals surface area contributed by atoms with E-state index in [1.54, 1.807) is 0 Å². The first-order valence-electron chi connectivity index (χ1n) is 5.39. The lowest BCUT2D eigenvalue weighted by molar-refractivity contribution is 0.643. The van der Waals surface area contributed by atoms with Crippen LogP contribution in [0.1, 0.15) is 21.1 Å². The molecule has 0 aliphatic rings. The van der Waals surface area contributed by atoms with Gasteiger partial charge in [-0.1, -0.05) is 0 Å². The van der Waals surface area contributed by atoms with E-state index in [1.807, 2.05) is 35.3 Å². The van der Waals surface area contributed by atoms with E-state index in [1.165, 1.54) is 15.3 Å². The Labute approximate surface area is 100 Å².